The van der Waals surface area contributed by atoms with Gasteiger partial charge in [0.05, 0.1) is 0 Å². The Morgan fingerprint density at radius 1 is 1.21 bits per heavy atom. The molecule has 5 nitrogen and oxygen atoms in total. The Bertz CT molecular complexity index is 458. The summed E-state index contributed by atoms with van der Waals surface area (Å²) in [6, 6.07) is 4.55. The summed E-state index contributed by atoms with van der Waals surface area (Å²) in [6.07, 6.45) is 2.96. The van der Waals surface area contributed by atoms with Crippen LogP contribution in [0.2, 0.25) is 0 Å². The van der Waals surface area contributed by atoms with Gasteiger partial charge in [-0.25, -0.2) is 0 Å². The average molecular weight is 264 g/mol. The summed E-state index contributed by atoms with van der Waals surface area (Å²) in [7, 11) is 0. The van der Waals surface area contributed by atoms with E-state index in [0.717, 1.165) is 19.3 Å². The average Bonchev–Trinajstić information content (AvgIpc) is 2.37. The SMILES string of the molecule is CCCCCNC(=O)C(=O)Nc1ccc(O)cc1C. The van der Waals surface area contributed by atoms with E-state index < -0.39 is 11.8 Å². The number of benzene rings is 1. The predicted octanol–water partition coefficient (Wildman–Crippen LogP) is 1.95. The van der Waals surface area contributed by atoms with Crippen LogP contribution in [0.15, 0.2) is 18.2 Å². The number of amides is 2. The highest BCUT2D eigenvalue weighted by atomic mass is 16.3. The van der Waals surface area contributed by atoms with Gasteiger partial charge in [0.1, 0.15) is 5.75 Å². The second kappa shape index (κ2) is 7.41. The molecule has 104 valence electrons. The number of phenolic OH excluding ortho intramolecular Hbond substituents is 1. The summed E-state index contributed by atoms with van der Waals surface area (Å²) in [4.78, 5) is 23.1. The molecule has 5 heteroatoms. The van der Waals surface area contributed by atoms with Crippen molar-refractivity contribution >= 4 is 17.5 Å². The summed E-state index contributed by atoms with van der Waals surface area (Å²) < 4.78 is 0. The number of aromatic hydroxyl groups is 1. The van der Waals surface area contributed by atoms with Crippen molar-refractivity contribution in [2.45, 2.75) is 33.1 Å². The fraction of sp³-hybridized carbons (Fsp3) is 0.429. The van der Waals surface area contributed by atoms with Gasteiger partial charge in [-0.1, -0.05) is 19.8 Å². The highest BCUT2D eigenvalue weighted by molar-refractivity contribution is 6.39. The lowest BCUT2D eigenvalue weighted by molar-refractivity contribution is -0.136. The number of carbonyl (C=O) groups is 2. The first-order chi connectivity index (χ1) is 9.04. The maximum Gasteiger partial charge on any atom is 0.313 e. The first kappa shape index (κ1) is 15.0. The molecular weight excluding hydrogens is 244 g/mol. The molecule has 2 amide bonds. The van der Waals surface area contributed by atoms with Crippen LogP contribution in [0.4, 0.5) is 5.69 Å². The molecule has 1 rings (SSSR count). The molecule has 0 saturated heterocycles. The molecule has 3 N–H and O–H groups in total. The Hall–Kier alpha value is -2.04. The Morgan fingerprint density at radius 3 is 2.58 bits per heavy atom. The van der Waals surface area contributed by atoms with Gasteiger partial charge in [-0.3, -0.25) is 9.59 Å². The molecule has 0 unspecified atom stereocenters. The first-order valence-electron chi connectivity index (χ1n) is 6.43. The molecular formula is C14H20N2O3. The third-order valence-electron chi connectivity index (χ3n) is 2.73. The van der Waals surface area contributed by atoms with Crippen LogP contribution in [0, 0.1) is 6.92 Å². The second-order valence-electron chi connectivity index (χ2n) is 4.42. The molecule has 0 aliphatic rings. The summed E-state index contributed by atoms with van der Waals surface area (Å²) in [5.41, 5.74) is 1.22. The lowest BCUT2D eigenvalue weighted by Gasteiger charge is -2.09. The van der Waals surface area contributed by atoms with Gasteiger partial charge in [0.15, 0.2) is 0 Å². The molecule has 0 fully saturated rings. The molecule has 0 atom stereocenters. The van der Waals surface area contributed by atoms with Crippen molar-refractivity contribution in [1.82, 2.24) is 5.32 Å². The van der Waals surface area contributed by atoms with Crippen LogP contribution in [-0.4, -0.2) is 23.5 Å². The van der Waals surface area contributed by atoms with E-state index in [-0.39, 0.29) is 5.75 Å². The molecule has 0 aliphatic carbocycles. The molecule has 19 heavy (non-hydrogen) atoms. The van der Waals surface area contributed by atoms with Crippen molar-refractivity contribution in [3.05, 3.63) is 23.8 Å². The number of aryl methyl sites for hydroxylation is 1. The summed E-state index contributed by atoms with van der Waals surface area (Å²) in [6.45, 7) is 4.32. The van der Waals surface area contributed by atoms with E-state index in [0.29, 0.717) is 17.8 Å². The highest BCUT2D eigenvalue weighted by Gasteiger charge is 2.13. The zero-order valence-electron chi connectivity index (χ0n) is 11.3. The largest absolute Gasteiger partial charge is 0.508 e. The van der Waals surface area contributed by atoms with Crippen LogP contribution < -0.4 is 10.6 Å². The monoisotopic (exact) mass is 264 g/mol. The van der Waals surface area contributed by atoms with Gasteiger partial charge < -0.3 is 15.7 Å². The number of hydrogen-bond donors (Lipinski definition) is 3. The smallest absolute Gasteiger partial charge is 0.313 e. The number of nitrogens with one attached hydrogen (secondary N) is 2. The molecule has 0 aliphatic heterocycles. The van der Waals surface area contributed by atoms with Crippen molar-refractivity contribution in [2.75, 3.05) is 11.9 Å². The van der Waals surface area contributed by atoms with Crippen LogP contribution in [0.1, 0.15) is 31.7 Å². The van der Waals surface area contributed by atoms with Gasteiger partial charge in [0.25, 0.3) is 0 Å². The number of carbonyl (C=O) groups excluding carboxylic acids is 2. The lowest BCUT2D eigenvalue weighted by Crippen LogP contribution is -2.36. The summed E-state index contributed by atoms with van der Waals surface area (Å²) in [5, 5.41) is 14.3. The quantitative estimate of drug-likeness (QED) is 0.432. The van der Waals surface area contributed by atoms with Crippen molar-refractivity contribution < 1.29 is 14.7 Å². The number of phenols is 1. The molecule has 0 spiro atoms. The molecule has 1 aromatic carbocycles. The normalized spacial score (nSPS) is 10.0. The van der Waals surface area contributed by atoms with Crippen LogP contribution in [-0.2, 0) is 9.59 Å². The van der Waals surface area contributed by atoms with Gasteiger partial charge in [-0.15, -0.1) is 0 Å². The van der Waals surface area contributed by atoms with Crippen molar-refractivity contribution in [2.24, 2.45) is 0 Å². The Labute approximate surface area is 113 Å². The van der Waals surface area contributed by atoms with Gasteiger partial charge in [-0.05, 0) is 37.1 Å². The third kappa shape index (κ3) is 4.99. The van der Waals surface area contributed by atoms with E-state index in [4.69, 9.17) is 0 Å². The van der Waals surface area contributed by atoms with Gasteiger partial charge in [0.2, 0.25) is 0 Å². The summed E-state index contributed by atoms with van der Waals surface area (Å²) in [5.74, 6) is -1.20. The number of anilines is 1. The van der Waals surface area contributed by atoms with Gasteiger partial charge >= 0.3 is 11.8 Å². The Kier molecular flexibility index (Phi) is 5.85. The van der Waals surface area contributed by atoms with Crippen molar-refractivity contribution in [1.29, 1.82) is 0 Å². The number of unbranched alkanes of at least 4 members (excludes halogenated alkanes) is 2. The molecule has 0 saturated carbocycles. The number of hydrogen-bond acceptors (Lipinski definition) is 3. The molecule has 1 aromatic rings. The Morgan fingerprint density at radius 2 is 1.95 bits per heavy atom. The standard InChI is InChI=1S/C14H20N2O3/c1-3-4-5-8-15-13(18)14(19)16-12-7-6-11(17)9-10(12)2/h6-7,9,17H,3-5,8H2,1-2H3,(H,15,18)(H,16,19). The summed E-state index contributed by atoms with van der Waals surface area (Å²) >= 11 is 0. The zero-order valence-corrected chi connectivity index (χ0v) is 11.3. The first-order valence-corrected chi connectivity index (χ1v) is 6.43. The Balaban J connectivity index is 2.47. The number of rotatable bonds is 5. The minimum absolute atomic E-state index is 0.125. The second-order valence-corrected chi connectivity index (χ2v) is 4.42. The van der Waals surface area contributed by atoms with Crippen LogP contribution in [0.3, 0.4) is 0 Å². The fourth-order valence-electron chi connectivity index (χ4n) is 1.62. The fourth-order valence-corrected chi connectivity index (χ4v) is 1.62. The van der Waals surface area contributed by atoms with Crippen LogP contribution >= 0.6 is 0 Å². The minimum atomic E-state index is -0.690. The molecule has 0 aromatic heterocycles. The van der Waals surface area contributed by atoms with E-state index in [1.54, 1.807) is 13.0 Å². The minimum Gasteiger partial charge on any atom is -0.508 e. The van der Waals surface area contributed by atoms with E-state index in [2.05, 4.69) is 17.6 Å². The van der Waals surface area contributed by atoms with Crippen LogP contribution in [0.5, 0.6) is 5.75 Å². The van der Waals surface area contributed by atoms with E-state index in [9.17, 15) is 14.7 Å². The topological polar surface area (TPSA) is 78.4 Å². The van der Waals surface area contributed by atoms with Gasteiger partial charge in [0, 0.05) is 12.2 Å². The molecule has 0 bridgehead atoms. The van der Waals surface area contributed by atoms with E-state index in [1.807, 2.05) is 0 Å². The van der Waals surface area contributed by atoms with Crippen LogP contribution in [0.25, 0.3) is 0 Å². The maximum atomic E-state index is 11.6. The predicted molar refractivity (Wildman–Crippen MR) is 74.0 cm³/mol. The van der Waals surface area contributed by atoms with Gasteiger partial charge in [-0.2, -0.15) is 0 Å². The maximum absolute atomic E-state index is 11.6. The van der Waals surface area contributed by atoms with E-state index in [1.165, 1.54) is 12.1 Å². The third-order valence-corrected chi connectivity index (χ3v) is 2.73. The van der Waals surface area contributed by atoms with Crippen molar-refractivity contribution in [3.8, 4) is 5.75 Å². The molecule has 0 heterocycles. The van der Waals surface area contributed by atoms with E-state index >= 15 is 0 Å². The lowest BCUT2D eigenvalue weighted by atomic mass is 10.2. The van der Waals surface area contributed by atoms with Crippen molar-refractivity contribution in [3.63, 3.8) is 0 Å². The highest BCUT2D eigenvalue weighted by Crippen LogP contribution is 2.19. The molecule has 0 radical (unpaired) electrons. The zero-order chi connectivity index (χ0) is 14.3.